The average molecular weight is 166 g/mol. The van der Waals surface area contributed by atoms with E-state index in [9.17, 15) is 13.6 Å². The Balaban J connectivity index is 3.52. The van der Waals surface area contributed by atoms with Gasteiger partial charge in [-0.3, -0.25) is 0 Å². The predicted octanol–water partition coefficient (Wildman–Crippen LogP) is 0.959. The van der Waals surface area contributed by atoms with Crippen molar-refractivity contribution >= 4 is 6.03 Å². The number of urea groups is 1. The third-order valence-electron chi connectivity index (χ3n) is 0.843. The van der Waals surface area contributed by atoms with Gasteiger partial charge in [0.05, 0.1) is 0 Å². The van der Waals surface area contributed by atoms with E-state index in [-0.39, 0.29) is 6.04 Å². The topological polar surface area (TPSA) is 41.1 Å². The van der Waals surface area contributed by atoms with Gasteiger partial charge in [-0.05, 0) is 13.8 Å². The molecule has 1 unspecified atom stereocenters. The largest absolute Gasteiger partial charge is 0.336 e. The number of hydrogen-bond acceptors (Lipinski definition) is 1. The van der Waals surface area contributed by atoms with Gasteiger partial charge in [0.2, 0.25) is 6.30 Å². The highest BCUT2D eigenvalue weighted by atomic mass is 19.2. The highest BCUT2D eigenvalue weighted by Gasteiger charge is 2.09. The SMILES string of the molecule is CC(C)NC(=O)NC(F)CF. The number of alkyl halides is 2. The summed E-state index contributed by atoms with van der Waals surface area (Å²) in [5.74, 6) is 0. The van der Waals surface area contributed by atoms with Crippen molar-refractivity contribution in [2.24, 2.45) is 0 Å². The molecule has 0 heterocycles. The Hall–Kier alpha value is -0.870. The van der Waals surface area contributed by atoms with Gasteiger partial charge >= 0.3 is 6.03 Å². The first-order valence-corrected chi connectivity index (χ1v) is 3.33. The number of amides is 2. The second-order valence-electron chi connectivity index (χ2n) is 2.39. The number of hydrogen-bond donors (Lipinski definition) is 2. The van der Waals surface area contributed by atoms with Crippen LogP contribution in [0.25, 0.3) is 0 Å². The van der Waals surface area contributed by atoms with E-state index in [2.05, 4.69) is 5.32 Å². The van der Waals surface area contributed by atoms with Crippen molar-refractivity contribution in [2.75, 3.05) is 6.67 Å². The summed E-state index contributed by atoms with van der Waals surface area (Å²) in [5.41, 5.74) is 0. The molecule has 0 saturated heterocycles. The van der Waals surface area contributed by atoms with Crippen molar-refractivity contribution in [2.45, 2.75) is 26.2 Å². The predicted molar refractivity (Wildman–Crippen MR) is 37.7 cm³/mol. The summed E-state index contributed by atoms with van der Waals surface area (Å²) in [5, 5.41) is 4.12. The standard InChI is InChI=1S/C6H12F2N2O/c1-4(2)9-6(11)10-5(8)3-7/h4-5H,3H2,1-2H3,(H2,9,10,11). The van der Waals surface area contributed by atoms with Crippen LogP contribution in [0.3, 0.4) is 0 Å². The van der Waals surface area contributed by atoms with Gasteiger partial charge in [-0.2, -0.15) is 0 Å². The molecule has 0 fully saturated rings. The number of carbonyl (C=O) groups is 1. The van der Waals surface area contributed by atoms with Crippen molar-refractivity contribution in [1.82, 2.24) is 10.6 Å². The summed E-state index contributed by atoms with van der Waals surface area (Å²) >= 11 is 0. The molecule has 66 valence electrons. The first-order valence-electron chi connectivity index (χ1n) is 3.33. The third-order valence-corrected chi connectivity index (χ3v) is 0.843. The van der Waals surface area contributed by atoms with E-state index in [1.807, 2.05) is 0 Å². The van der Waals surface area contributed by atoms with E-state index >= 15 is 0 Å². The van der Waals surface area contributed by atoms with Crippen LogP contribution in [0.2, 0.25) is 0 Å². The van der Waals surface area contributed by atoms with Crippen molar-refractivity contribution < 1.29 is 13.6 Å². The molecule has 0 aromatic rings. The number of halogens is 2. The van der Waals surface area contributed by atoms with Crippen LogP contribution in [-0.4, -0.2) is 25.0 Å². The van der Waals surface area contributed by atoms with Gasteiger partial charge in [0.1, 0.15) is 6.67 Å². The van der Waals surface area contributed by atoms with Gasteiger partial charge in [-0.25, -0.2) is 13.6 Å². The molecule has 0 aliphatic rings. The molecule has 0 aromatic carbocycles. The minimum atomic E-state index is -1.91. The molecule has 3 nitrogen and oxygen atoms in total. The highest BCUT2D eigenvalue weighted by molar-refractivity contribution is 5.74. The number of nitrogens with one attached hydrogen (secondary N) is 2. The molecule has 11 heavy (non-hydrogen) atoms. The third kappa shape index (κ3) is 5.57. The van der Waals surface area contributed by atoms with Gasteiger partial charge in [-0.15, -0.1) is 0 Å². The van der Waals surface area contributed by atoms with Gasteiger partial charge in [0.25, 0.3) is 0 Å². The van der Waals surface area contributed by atoms with Gasteiger partial charge in [-0.1, -0.05) is 0 Å². The van der Waals surface area contributed by atoms with Crippen molar-refractivity contribution in [3.63, 3.8) is 0 Å². The summed E-state index contributed by atoms with van der Waals surface area (Å²) in [6.07, 6.45) is -1.91. The molecular formula is C6H12F2N2O. The summed E-state index contributed by atoms with van der Waals surface area (Å²) < 4.78 is 23.6. The summed E-state index contributed by atoms with van der Waals surface area (Å²) in [4.78, 5) is 10.6. The van der Waals surface area contributed by atoms with Crippen LogP contribution >= 0.6 is 0 Å². The van der Waals surface area contributed by atoms with Crippen LogP contribution in [0.15, 0.2) is 0 Å². The molecule has 0 aliphatic heterocycles. The average Bonchev–Trinajstić information content (AvgIpc) is 1.85. The zero-order valence-electron chi connectivity index (χ0n) is 6.53. The van der Waals surface area contributed by atoms with Crippen molar-refractivity contribution in [1.29, 1.82) is 0 Å². The van der Waals surface area contributed by atoms with Crippen LogP contribution in [0, 0.1) is 0 Å². The first kappa shape index (κ1) is 10.1. The summed E-state index contributed by atoms with van der Waals surface area (Å²) in [7, 11) is 0. The Morgan fingerprint density at radius 1 is 1.45 bits per heavy atom. The van der Waals surface area contributed by atoms with Crippen LogP contribution in [0.1, 0.15) is 13.8 Å². The molecule has 2 amide bonds. The second kappa shape index (κ2) is 4.87. The first-order chi connectivity index (χ1) is 5.06. The van der Waals surface area contributed by atoms with E-state index in [1.54, 1.807) is 19.2 Å². The Morgan fingerprint density at radius 2 is 2.00 bits per heavy atom. The summed E-state index contributed by atoms with van der Waals surface area (Å²) in [6, 6.07) is -0.771. The van der Waals surface area contributed by atoms with Crippen LogP contribution < -0.4 is 10.6 Å². The second-order valence-corrected chi connectivity index (χ2v) is 2.39. The molecule has 0 aromatic heterocycles. The van der Waals surface area contributed by atoms with Crippen molar-refractivity contribution in [3.8, 4) is 0 Å². The molecule has 1 atom stereocenters. The molecule has 0 bridgehead atoms. The molecule has 0 aliphatic carbocycles. The maximum Gasteiger partial charge on any atom is 0.317 e. The molecule has 0 radical (unpaired) electrons. The molecule has 0 saturated carbocycles. The molecule has 0 spiro atoms. The molecule has 0 rings (SSSR count). The smallest absolute Gasteiger partial charge is 0.317 e. The van der Waals surface area contributed by atoms with Gasteiger partial charge < -0.3 is 10.6 Å². The van der Waals surface area contributed by atoms with E-state index in [0.29, 0.717) is 0 Å². The summed E-state index contributed by atoms with van der Waals surface area (Å²) in [6.45, 7) is 2.25. The van der Waals surface area contributed by atoms with Gasteiger partial charge in [0.15, 0.2) is 0 Å². The van der Waals surface area contributed by atoms with Crippen molar-refractivity contribution in [3.05, 3.63) is 0 Å². The lowest BCUT2D eigenvalue weighted by molar-refractivity contribution is 0.196. The fourth-order valence-corrected chi connectivity index (χ4v) is 0.485. The normalized spacial score (nSPS) is 12.8. The fraction of sp³-hybridized carbons (Fsp3) is 0.833. The Morgan fingerprint density at radius 3 is 2.36 bits per heavy atom. The monoisotopic (exact) mass is 166 g/mol. The van der Waals surface area contributed by atoms with E-state index in [4.69, 9.17) is 0 Å². The molecular weight excluding hydrogens is 154 g/mol. The quantitative estimate of drug-likeness (QED) is 0.602. The van der Waals surface area contributed by atoms with E-state index in [1.165, 1.54) is 0 Å². The number of carbonyl (C=O) groups excluding carboxylic acids is 1. The lowest BCUT2D eigenvalue weighted by Crippen LogP contribution is -2.43. The number of rotatable bonds is 3. The minimum Gasteiger partial charge on any atom is -0.336 e. The van der Waals surface area contributed by atoms with E-state index < -0.39 is 19.0 Å². The zero-order valence-corrected chi connectivity index (χ0v) is 6.53. The van der Waals surface area contributed by atoms with Gasteiger partial charge in [0, 0.05) is 6.04 Å². The fourth-order valence-electron chi connectivity index (χ4n) is 0.485. The molecule has 5 heteroatoms. The lowest BCUT2D eigenvalue weighted by atomic mass is 10.4. The van der Waals surface area contributed by atoms with E-state index in [0.717, 1.165) is 0 Å². The Labute approximate surface area is 64.2 Å². The zero-order chi connectivity index (χ0) is 8.85. The minimum absolute atomic E-state index is 0.0817. The lowest BCUT2D eigenvalue weighted by Gasteiger charge is -2.10. The van der Waals surface area contributed by atoms with Crippen LogP contribution in [0.4, 0.5) is 13.6 Å². The van der Waals surface area contributed by atoms with Crippen LogP contribution in [-0.2, 0) is 0 Å². The molecule has 2 N–H and O–H groups in total. The Bertz CT molecular complexity index is 130. The van der Waals surface area contributed by atoms with Crippen LogP contribution in [0.5, 0.6) is 0 Å². The highest BCUT2D eigenvalue weighted by Crippen LogP contribution is 1.86. The maximum atomic E-state index is 12.1. The maximum absolute atomic E-state index is 12.1. The Kier molecular flexibility index (Phi) is 4.49.